The summed E-state index contributed by atoms with van der Waals surface area (Å²) in [5.74, 6) is 0. The van der Waals surface area contributed by atoms with Gasteiger partial charge in [0.05, 0.1) is 10.6 Å². The molecule has 0 aliphatic carbocycles. The molecule has 2 aromatic carbocycles. The number of hydrogen-bond acceptors (Lipinski definition) is 3. The van der Waals surface area contributed by atoms with Gasteiger partial charge in [0.15, 0.2) is 0 Å². The minimum absolute atomic E-state index is 0. The lowest BCUT2D eigenvalue weighted by atomic mass is 10.2. The molecule has 0 spiro atoms. The Morgan fingerprint density at radius 1 is 1.00 bits per heavy atom. The van der Waals surface area contributed by atoms with E-state index in [1.54, 1.807) is 42.5 Å². The van der Waals surface area contributed by atoms with Gasteiger partial charge in [0.2, 0.25) is 0 Å². The summed E-state index contributed by atoms with van der Waals surface area (Å²) < 4.78 is 26.2. The highest BCUT2D eigenvalue weighted by Gasteiger charge is 2.22. The van der Waals surface area contributed by atoms with E-state index in [0.717, 1.165) is 5.56 Å². The summed E-state index contributed by atoms with van der Waals surface area (Å²) in [6, 6.07) is 15.6. The third kappa shape index (κ3) is 3.12. The molecule has 0 saturated carbocycles. The van der Waals surface area contributed by atoms with Gasteiger partial charge in [0.25, 0.3) is 10.0 Å². The van der Waals surface area contributed by atoms with Crippen LogP contribution in [0.25, 0.3) is 0 Å². The maximum absolute atomic E-state index is 12.5. The first-order valence-electron chi connectivity index (χ1n) is 5.89. The van der Waals surface area contributed by atoms with Crippen LogP contribution >= 0.6 is 12.4 Å². The third-order valence-electron chi connectivity index (χ3n) is 2.95. The van der Waals surface area contributed by atoms with E-state index in [-0.39, 0.29) is 17.3 Å². The predicted molar refractivity (Wildman–Crippen MR) is 83.6 cm³/mol. The number of anilines is 1. The Kier molecular flexibility index (Phi) is 5.56. The predicted octanol–water partition coefficient (Wildman–Crippen LogP) is 2.39. The molecule has 108 valence electrons. The largest absolute Gasteiger partial charge is 0.326 e. The van der Waals surface area contributed by atoms with Crippen molar-refractivity contribution in [2.24, 2.45) is 5.73 Å². The first-order valence-corrected chi connectivity index (χ1v) is 7.33. The van der Waals surface area contributed by atoms with Crippen molar-refractivity contribution in [2.45, 2.75) is 11.4 Å². The first kappa shape index (κ1) is 16.5. The van der Waals surface area contributed by atoms with Gasteiger partial charge in [-0.2, -0.15) is 0 Å². The van der Waals surface area contributed by atoms with Crippen LogP contribution in [0.3, 0.4) is 0 Å². The molecule has 2 aromatic rings. The van der Waals surface area contributed by atoms with Gasteiger partial charge in [-0.3, -0.25) is 4.31 Å². The van der Waals surface area contributed by atoms with E-state index in [0.29, 0.717) is 12.2 Å². The number of halogens is 1. The van der Waals surface area contributed by atoms with Crippen molar-refractivity contribution in [3.63, 3.8) is 0 Å². The molecule has 0 aromatic heterocycles. The Balaban J connectivity index is 0.00000200. The number of sulfonamides is 1. The average molecular weight is 313 g/mol. The lowest BCUT2D eigenvalue weighted by molar-refractivity contribution is 0.594. The van der Waals surface area contributed by atoms with Crippen LogP contribution < -0.4 is 10.0 Å². The first-order chi connectivity index (χ1) is 9.07. The zero-order valence-electron chi connectivity index (χ0n) is 11.1. The highest BCUT2D eigenvalue weighted by Crippen LogP contribution is 2.25. The van der Waals surface area contributed by atoms with E-state index in [9.17, 15) is 8.42 Å². The number of hydrogen-bond donors (Lipinski definition) is 1. The summed E-state index contributed by atoms with van der Waals surface area (Å²) in [7, 11) is -2.01. The fourth-order valence-corrected chi connectivity index (χ4v) is 3.13. The Labute approximate surface area is 125 Å². The van der Waals surface area contributed by atoms with E-state index in [2.05, 4.69) is 0 Å². The van der Waals surface area contributed by atoms with Crippen LogP contribution in [-0.4, -0.2) is 15.5 Å². The van der Waals surface area contributed by atoms with Crippen molar-refractivity contribution < 1.29 is 8.42 Å². The molecule has 0 heterocycles. The Bertz CT molecular complexity index is 660. The molecule has 0 aliphatic rings. The molecule has 2 rings (SSSR count). The standard InChI is InChI=1S/C14H16N2O2S.ClH/c1-16(14-10-6-5-7-12(14)11-15)19(17,18)13-8-3-2-4-9-13;/h2-10H,11,15H2,1H3;1H. The molecule has 4 nitrogen and oxygen atoms in total. The van der Waals surface area contributed by atoms with Gasteiger partial charge in [-0.15, -0.1) is 12.4 Å². The normalized spacial score (nSPS) is 10.7. The maximum Gasteiger partial charge on any atom is 0.264 e. The van der Waals surface area contributed by atoms with Crippen LogP contribution in [0.2, 0.25) is 0 Å². The molecule has 0 unspecified atom stereocenters. The Hall–Kier alpha value is -1.56. The summed E-state index contributed by atoms with van der Waals surface area (Å²) in [6.45, 7) is 0.296. The lowest BCUT2D eigenvalue weighted by Crippen LogP contribution is -2.27. The van der Waals surface area contributed by atoms with Gasteiger partial charge in [-0.25, -0.2) is 8.42 Å². The van der Waals surface area contributed by atoms with Crippen LogP contribution in [-0.2, 0) is 16.6 Å². The number of benzene rings is 2. The molecular weight excluding hydrogens is 296 g/mol. The minimum atomic E-state index is -3.55. The molecule has 0 amide bonds. The zero-order valence-corrected chi connectivity index (χ0v) is 12.7. The van der Waals surface area contributed by atoms with Gasteiger partial charge in [0, 0.05) is 13.6 Å². The SMILES string of the molecule is CN(c1ccccc1CN)S(=O)(=O)c1ccccc1.Cl. The second-order valence-electron chi connectivity index (χ2n) is 4.12. The van der Waals surface area contributed by atoms with E-state index in [4.69, 9.17) is 5.73 Å². The summed E-state index contributed by atoms with van der Waals surface area (Å²) in [5, 5.41) is 0. The van der Waals surface area contributed by atoms with Crippen molar-refractivity contribution in [1.82, 2.24) is 0 Å². The van der Waals surface area contributed by atoms with Crippen molar-refractivity contribution in [1.29, 1.82) is 0 Å². The third-order valence-corrected chi connectivity index (χ3v) is 4.74. The van der Waals surface area contributed by atoms with Crippen LogP contribution in [0.15, 0.2) is 59.5 Å². The summed E-state index contributed by atoms with van der Waals surface area (Å²) in [4.78, 5) is 0.268. The Morgan fingerprint density at radius 2 is 1.55 bits per heavy atom. The van der Waals surface area contributed by atoms with Crippen molar-refractivity contribution in [3.05, 3.63) is 60.2 Å². The molecule has 2 N–H and O–H groups in total. The maximum atomic E-state index is 12.5. The van der Waals surface area contributed by atoms with Crippen molar-refractivity contribution in [3.8, 4) is 0 Å². The molecule has 0 bridgehead atoms. The van der Waals surface area contributed by atoms with Gasteiger partial charge >= 0.3 is 0 Å². The molecule has 0 fully saturated rings. The molecule has 0 atom stereocenters. The zero-order chi connectivity index (χ0) is 13.9. The van der Waals surface area contributed by atoms with E-state index in [1.165, 1.54) is 11.4 Å². The van der Waals surface area contributed by atoms with Crippen LogP contribution in [0.1, 0.15) is 5.56 Å². The summed E-state index contributed by atoms with van der Waals surface area (Å²) in [5.41, 5.74) is 7.05. The van der Waals surface area contributed by atoms with E-state index >= 15 is 0 Å². The molecule has 6 heteroatoms. The van der Waals surface area contributed by atoms with Crippen molar-refractivity contribution >= 4 is 28.1 Å². The summed E-state index contributed by atoms with van der Waals surface area (Å²) in [6.07, 6.45) is 0. The number of nitrogens with zero attached hydrogens (tertiary/aromatic N) is 1. The van der Waals surface area contributed by atoms with Gasteiger partial charge in [-0.1, -0.05) is 36.4 Å². The molecule has 20 heavy (non-hydrogen) atoms. The number of para-hydroxylation sites is 1. The van der Waals surface area contributed by atoms with Crippen LogP contribution in [0, 0.1) is 0 Å². The quantitative estimate of drug-likeness (QED) is 0.943. The van der Waals surface area contributed by atoms with Gasteiger partial charge in [0.1, 0.15) is 0 Å². The molecule has 0 radical (unpaired) electrons. The fourth-order valence-electron chi connectivity index (χ4n) is 1.87. The van der Waals surface area contributed by atoms with Crippen LogP contribution in [0.4, 0.5) is 5.69 Å². The Morgan fingerprint density at radius 3 is 2.15 bits per heavy atom. The van der Waals surface area contributed by atoms with Gasteiger partial charge in [-0.05, 0) is 23.8 Å². The summed E-state index contributed by atoms with van der Waals surface area (Å²) >= 11 is 0. The topological polar surface area (TPSA) is 63.4 Å². The molecular formula is C14H17ClN2O2S. The molecule has 0 saturated heterocycles. The second-order valence-corrected chi connectivity index (χ2v) is 6.09. The lowest BCUT2D eigenvalue weighted by Gasteiger charge is -2.21. The van der Waals surface area contributed by atoms with E-state index in [1.807, 2.05) is 12.1 Å². The fraction of sp³-hybridized carbons (Fsp3) is 0.143. The smallest absolute Gasteiger partial charge is 0.264 e. The second kappa shape index (κ2) is 6.74. The average Bonchev–Trinajstić information content (AvgIpc) is 2.47. The monoisotopic (exact) mass is 312 g/mol. The number of rotatable bonds is 4. The van der Waals surface area contributed by atoms with Gasteiger partial charge < -0.3 is 5.73 Å². The highest BCUT2D eigenvalue weighted by atomic mass is 35.5. The van der Waals surface area contributed by atoms with Crippen LogP contribution in [0.5, 0.6) is 0 Å². The highest BCUT2D eigenvalue weighted by molar-refractivity contribution is 7.92. The minimum Gasteiger partial charge on any atom is -0.326 e. The van der Waals surface area contributed by atoms with E-state index < -0.39 is 10.0 Å². The van der Waals surface area contributed by atoms with Crippen molar-refractivity contribution in [2.75, 3.05) is 11.4 Å². The molecule has 0 aliphatic heterocycles. The number of nitrogens with two attached hydrogens (primary N) is 1.